The molecular weight excluding hydrogens is 492 g/mol. The Bertz CT molecular complexity index is 1830. The van der Waals surface area contributed by atoms with Crippen molar-refractivity contribution in [1.82, 2.24) is 20.1 Å². The Morgan fingerprint density at radius 1 is 1.08 bits per heavy atom. The quantitative estimate of drug-likeness (QED) is 0.123. The maximum Gasteiger partial charge on any atom is 0.264 e. The summed E-state index contributed by atoms with van der Waals surface area (Å²) in [5, 5.41) is 19.0. The summed E-state index contributed by atoms with van der Waals surface area (Å²) in [5.41, 5.74) is 4.10. The fourth-order valence-corrected chi connectivity index (χ4v) is 4.32. The molecule has 3 N–H and O–H groups in total. The molecule has 0 atom stereocenters. The number of benzene rings is 3. The maximum absolute atomic E-state index is 13.5. The van der Waals surface area contributed by atoms with Crippen LogP contribution < -0.4 is 15.4 Å². The van der Waals surface area contributed by atoms with Crippen LogP contribution in [0, 0.1) is 30.7 Å². The number of carbonyl (C=O) groups is 2. The van der Waals surface area contributed by atoms with E-state index in [0.29, 0.717) is 45.0 Å². The summed E-state index contributed by atoms with van der Waals surface area (Å²) >= 11 is 0. The lowest BCUT2D eigenvalue weighted by molar-refractivity contribution is 0.0972. The molecule has 2 aromatic heterocycles. The topological polar surface area (TPSA) is 125 Å². The van der Waals surface area contributed by atoms with E-state index in [1.54, 1.807) is 48.3 Å². The second-order valence-corrected chi connectivity index (χ2v) is 8.67. The van der Waals surface area contributed by atoms with Crippen molar-refractivity contribution in [3.63, 3.8) is 0 Å². The number of hydrogen-bond donors (Lipinski definition) is 3. The first-order valence-corrected chi connectivity index (χ1v) is 11.9. The second kappa shape index (κ2) is 10.3. The van der Waals surface area contributed by atoms with Gasteiger partial charge in [0.15, 0.2) is 6.19 Å². The van der Waals surface area contributed by atoms with Crippen molar-refractivity contribution in [1.29, 1.82) is 5.26 Å². The molecule has 0 spiro atoms. The van der Waals surface area contributed by atoms with Crippen molar-refractivity contribution in [2.24, 2.45) is 0 Å². The average molecular weight is 515 g/mol. The second-order valence-electron chi connectivity index (χ2n) is 8.67. The largest absolute Gasteiger partial charge is 0.457 e. The molecule has 39 heavy (non-hydrogen) atoms. The smallest absolute Gasteiger partial charge is 0.264 e. The van der Waals surface area contributed by atoms with Crippen LogP contribution in [0.3, 0.4) is 0 Å². The lowest BCUT2D eigenvalue weighted by atomic mass is 10.1. The Hall–Kier alpha value is -5.80. The van der Waals surface area contributed by atoms with Crippen LogP contribution in [0.25, 0.3) is 16.6 Å². The lowest BCUT2D eigenvalue weighted by Crippen LogP contribution is -2.16. The molecular formula is C30H22N6O3. The number of amides is 1. The minimum atomic E-state index is -0.514. The molecule has 3 aromatic carbocycles. The van der Waals surface area contributed by atoms with E-state index in [9.17, 15) is 9.59 Å². The van der Waals surface area contributed by atoms with Gasteiger partial charge in [-0.15, -0.1) is 6.42 Å². The number of ketones is 1. The van der Waals surface area contributed by atoms with Gasteiger partial charge < -0.3 is 15.0 Å². The third kappa shape index (κ3) is 4.80. The predicted molar refractivity (Wildman–Crippen MR) is 147 cm³/mol. The number of carbonyl (C=O) groups excluding carboxylic acids is 2. The van der Waals surface area contributed by atoms with Gasteiger partial charge >= 0.3 is 0 Å². The fourth-order valence-electron chi connectivity index (χ4n) is 4.32. The van der Waals surface area contributed by atoms with E-state index in [2.05, 4.69) is 26.6 Å². The predicted octanol–water partition coefficient (Wildman–Crippen LogP) is 4.92. The lowest BCUT2D eigenvalue weighted by Gasteiger charge is -2.13. The van der Waals surface area contributed by atoms with Crippen LogP contribution in [0.5, 0.6) is 11.5 Å². The minimum absolute atomic E-state index is 0.268. The van der Waals surface area contributed by atoms with E-state index in [-0.39, 0.29) is 5.78 Å². The number of aromatic nitrogens is 3. The van der Waals surface area contributed by atoms with Crippen LogP contribution in [-0.4, -0.2) is 33.5 Å². The van der Waals surface area contributed by atoms with Gasteiger partial charge in [0.25, 0.3) is 5.91 Å². The van der Waals surface area contributed by atoms with Crippen LogP contribution in [0.15, 0.2) is 72.9 Å². The summed E-state index contributed by atoms with van der Waals surface area (Å²) < 4.78 is 7.64. The number of aromatic amines is 1. The number of hydrogen-bond acceptors (Lipinski definition) is 6. The molecule has 0 aliphatic rings. The first-order chi connectivity index (χ1) is 18.9. The summed E-state index contributed by atoms with van der Waals surface area (Å²) in [5.74, 6) is 3.61. The summed E-state index contributed by atoms with van der Waals surface area (Å²) in [6.07, 6.45) is 8.62. The summed E-state index contributed by atoms with van der Waals surface area (Å²) in [6, 6.07) is 19.4. The third-order valence-corrected chi connectivity index (χ3v) is 6.18. The number of terminal acetylenes is 1. The zero-order valence-electron chi connectivity index (χ0n) is 21.1. The zero-order valence-corrected chi connectivity index (χ0v) is 21.1. The van der Waals surface area contributed by atoms with E-state index in [1.807, 2.05) is 43.3 Å². The number of H-pyrrole nitrogens is 1. The molecule has 0 aliphatic carbocycles. The first-order valence-electron chi connectivity index (χ1n) is 11.9. The van der Waals surface area contributed by atoms with Crippen molar-refractivity contribution in [3.05, 3.63) is 101 Å². The molecule has 0 radical (unpaired) electrons. The number of nitrogens with one attached hydrogen (secondary N) is 3. The van der Waals surface area contributed by atoms with Gasteiger partial charge in [0.2, 0.25) is 5.78 Å². The molecule has 0 saturated heterocycles. The summed E-state index contributed by atoms with van der Waals surface area (Å²) in [7, 11) is 1.72. The SMILES string of the molecule is C#Cc1cccc(Oc2ccc(-n3ncc(C(=O)c4cc5cc(C(=O)NC#N)ccc5[nH]4)c3NC)c(C)c2)c1. The molecule has 9 heteroatoms. The van der Waals surface area contributed by atoms with E-state index >= 15 is 0 Å². The first kappa shape index (κ1) is 24.9. The highest BCUT2D eigenvalue weighted by Crippen LogP contribution is 2.29. The number of anilines is 1. The molecule has 5 aromatic rings. The van der Waals surface area contributed by atoms with Crippen LogP contribution in [0.1, 0.15) is 37.5 Å². The van der Waals surface area contributed by atoms with Gasteiger partial charge in [-0.25, -0.2) is 4.68 Å². The van der Waals surface area contributed by atoms with Crippen molar-refractivity contribution in [2.45, 2.75) is 6.92 Å². The average Bonchev–Trinajstić information content (AvgIpc) is 3.57. The molecule has 0 fully saturated rings. The van der Waals surface area contributed by atoms with Gasteiger partial charge in [-0.2, -0.15) is 10.4 Å². The standard InChI is InChI=1S/C30H22N6O3/c1-4-19-6-5-7-22(13-19)39-23-9-11-27(18(2)12-23)36-29(32-3)24(16-34-36)28(37)26-15-21-14-20(30(38)33-17-31)8-10-25(21)35-26/h1,5-16,32,35H,2-3H3,(H,33,38). The zero-order chi connectivity index (χ0) is 27.5. The Labute approximate surface area is 224 Å². The number of ether oxygens (including phenoxy) is 1. The highest BCUT2D eigenvalue weighted by molar-refractivity contribution is 6.13. The van der Waals surface area contributed by atoms with E-state index in [1.165, 1.54) is 6.20 Å². The van der Waals surface area contributed by atoms with Crippen LogP contribution in [0.4, 0.5) is 5.82 Å². The normalized spacial score (nSPS) is 10.5. The van der Waals surface area contributed by atoms with Gasteiger partial charge in [0.1, 0.15) is 17.3 Å². The number of nitriles is 1. The van der Waals surface area contributed by atoms with Crippen molar-refractivity contribution in [3.8, 4) is 35.7 Å². The Morgan fingerprint density at radius 2 is 1.90 bits per heavy atom. The monoisotopic (exact) mass is 514 g/mol. The van der Waals surface area contributed by atoms with Crippen LogP contribution in [-0.2, 0) is 0 Å². The van der Waals surface area contributed by atoms with Crippen molar-refractivity contribution < 1.29 is 14.3 Å². The van der Waals surface area contributed by atoms with Gasteiger partial charge in [-0.1, -0.05) is 12.0 Å². The minimum Gasteiger partial charge on any atom is -0.457 e. The Balaban J connectivity index is 1.43. The van der Waals surface area contributed by atoms with E-state index < -0.39 is 5.91 Å². The summed E-state index contributed by atoms with van der Waals surface area (Å²) in [6.45, 7) is 1.93. The molecule has 1 amide bonds. The highest BCUT2D eigenvalue weighted by atomic mass is 16.5. The van der Waals surface area contributed by atoms with E-state index in [0.717, 1.165) is 16.8 Å². The maximum atomic E-state index is 13.5. The van der Waals surface area contributed by atoms with Crippen molar-refractivity contribution in [2.75, 3.05) is 12.4 Å². The van der Waals surface area contributed by atoms with Gasteiger partial charge in [-0.05, 0) is 73.2 Å². The molecule has 190 valence electrons. The van der Waals surface area contributed by atoms with Crippen LogP contribution >= 0.6 is 0 Å². The van der Waals surface area contributed by atoms with Gasteiger partial charge in [0.05, 0.1) is 23.1 Å². The van der Waals surface area contributed by atoms with E-state index in [4.69, 9.17) is 16.4 Å². The Kier molecular flexibility index (Phi) is 6.56. The molecule has 0 aliphatic heterocycles. The van der Waals surface area contributed by atoms with Crippen molar-refractivity contribution >= 4 is 28.4 Å². The number of rotatable bonds is 7. The molecule has 0 saturated carbocycles. The third-order valence-electron chi connectivity index (χ3n) is 6.18. The molecule has 0 bridgehead atoms. The highest BCUT2D eigenvalue weighted by Gasteiger charge is 2.22. The summed E-state index contributed by atoms with van der Waals surface area (Å²) in [4.78, 5) is 28.6. The molecule has 5 rings (SSSR count). The Morgan fingerprint density at radius 3 is 2.64 bits per heavy atom. The van der Waals surface area contributed by atoms with Gasteiger partial charge in [0, 0.05) is 29.1 Å². The molecule has 9 nitrogen and oxygen atoms in total. The molecule has 2 heterocycles. The number of fused-ring (bicyclic) bond motifs is 1. The number of nitrogens with zero attached hydrogens (tertiary/aromatic N) is 3. The fraction of sp³-hybridized carbons (Fsp3) is 0.0667. The van der Waals surface area contributed by atoms with Crippen LogP contribution in [0.2, 0.25) is 0 Å². The molecule has 0 unspecified atom stereocenters. The van der Waals surface area contributed by atoms with Gasteiger partial charge in [-0.3, -0.25) is 14.9 Å². The number of aryl methyl sites for hydroxylation is 1.